The number of fused-ring (bicyclic) bond motifs is 1. The minimum atomic E-state index is -0.750. The van der Waals surface area contributed by atoms with Gasteiger partial charge in [0.05, 0.1) is 13.7 Å². The summed E-state index contributed by atoms with van der Waals surface area (Å²) in [5.74, 6) is 0.832. The third-order valence-corrected chi connectivity index (χ3v) is 3.31. The van der Waals surface area contributed by atoms with Crippen LogP contribution >= 0.6 is 0 Å². The van der Waals surface area contributed by atoms with E-state index in [0.29, 0.717) is 5.75 Å². The summed E-state index contributed by atoms with van der Waals surface area (Å²) in [6.07, 6.45) is -0.750. The molecule has 0 fully saturated rings. The Bertz CT molecular complexity index is 708. The lowest BCUT2D eigenvalue weighted by atomic mass is 10.1. The van der Waals surface area contributed by atoms with E-state index in [1.54, 1.807) is 20.1 Å². The van der Waals surface area contributed by atoms with Crippen LogP contribution in [0.1, 0.15) is 6.92 Å². The number of ether oxygens (including phenoxy) is 3. The van der Waals surface area contributed by atoms with Crippen molar-refractivity contribution in [1.82, 2.24) is 0 Å². The zero-order chi connectivity index (χ0) is 16.8. The topological polar surface area (TPSA) is 65.0 Å². The van der Waals surface area contributed by atoms with Crippen molar-refractivity contribution in [3.05, 3.63) is 48.6 Å². The summed E-state index contributed by atoms with van der Waals surface area (Å²) in [4.78, 5) is 11.5. The van der Waals surface area contributed by atoms with E-state index in [1.807, 2.05) is 30.3 Å². The van der Waals surface area contributed by atoms with E-state index < -0.39 is 12.1 Å². The molecule has 5 nitrogen and oxygen atoms in total. The SMILES string of the molecule is C=C(C)C(=O)OC(CO)COc1ccc(OC)c2ccccc12. The fourth-order valence-electron chi connectivity index (χ4n) is 2.11. The number of aliphatic hydroxyl groups is 1. The molecule has 5 heteroatoms. The lowest BCUT2D eigenvalue weighted by Gasteiger charge is -2.17. The zero-order valence-corrected chi connectivity index (χ0v) is 13.2. The third-order valence-electron chi connectivity index (χ3n) is 3.31. The van der Waals surface area contributed by atoms with Crippen molar-refractivity contribution in [1.29, 1.82) is 0 Å². The van der Waals surface area contributed by atoms with E-state index in [9.17, 15) is 9.90 Å². The molecule has 0 radical (unpaired) electrons. The fraction of sp³-hybridized carbons (Fsp3) is 0.278. The molecular weight excluding hydrogens is 296 g/mol. The van der Waals surface area contributed by atoms with Gasteiger partial charge in [-0.3, -0.25) is 0 Å². The van der Waals surface area contributed by atoms with Crippen LogP contribution in [0.5, 0.6) is 11.5 Å². The molecule has 1 N–H and O–H groups in total. The summed E-state index contributed by atoms with van der Waals surface area (Å²) < 4.78 is 16.2. The molecule has 1 unspecified atom stereocenters. The second-order valence-electron chi connectivity index (χ2n) is 5.11. The number of esters is 1. The van der Waals surface area contributed by atoms with Crippen molar-refractivity contribution in [3.63, 3.8) is 0 Å². The predicted molar refractivity (Wildman–Crippen MR) is 87.8 cm³/mol. The van der Waals surface area contributed by atoms with Crippen LogP contribution in [-0.4, -0.2) is 37.5 Å². The minimum absolute atomic E-state index is 0.0475. The van der Waals surface area contributed by atoms with Crippen molar-refractivity contribution < 1.29 is 24.1 Å². The van der Waals surface area contributed by atoms with Gasteiger partial charge in [0.1, 0.15) is 18.1 Å². The molecule has 0 aliphatic heterocycles. The molecule has 0 amide bonds. The van der Waals surface area contributed by atoms with Crippen molar-refractivity contribution >= 4 is 16.7 Å². The Morgan fingerprint density at radius 3 is 2.35 bits per heavy atom. The van der Waals surface area contributed by atoms with Gasteiger partial charge in [-0.05, 0) is 19.1 Å². The molecule has 1 atom stereocenters. The summed E-state index contributed by atoms with van der Waals surface area (Å²) >= 11 is 0. The van der Waals surface area contributed by atoms with Crippen LogP contribution < -0.4 is 9.47 Å². The molecule has 23 heavy (non-hydrogen) atoms. The van der Waals surface area contributed by atoms with E-state index in [1.165, 1.54) is 0 Å². The maximum Gasteiger partial charge on any atom is 0.333 e. The second kappa shape index (κ2) is 7.65. The predicted octanol–water partition coefficient (Wildman–Crippen LogP) is 2.71. The largest absolute Gasteiger partial charge is 0.496 e. The number of hydrogen-bond acceptors (Lipinski definition) is 5. The van der Waals surface area contributed by atoms with Crippen LogP contribution in [-0.2, 0) is 9.53 Å². The standard InChI is InChI=1S/C18H20O5/c1-12(2)18(20)23-13(10-19)11-22-17-9-8-16(21-3)14-6-4-5-7-15(14)17/h4-9,13,19H,1,10-11H2,2-3H3. The quantitative estimate of drug-likeness (QED) is 0.628. The fourth-order valence-corrected chi connectivity index (χ4v) is 2.11. The van der Waals surface area contributed by atoms with E-state index >= 15 is 0 Å². The van der Waals surface area contributed by atoms with Crippen LogP contribution in [0.25, 0.3) is 10.8 Å². The number of aliphatic hydroxyl groups excluding tert-OH is 1. The maximum atomic E-state index is 11.5. The Kier molecular flexibility index (Phi) is 5.60. The van der Waals surface area contributed by atoms with Gasteiger partial charge in [0, 0.05) is 16.3 Å². The van der Waals surface area contributed by atoms with Crippen LogP contribution in [0.15, 0.2) is 48.6 Å². The van der Waals surface area contributed by atoms with Gasteiger partial charge < -0.3 is 19.3 Å². The summed E-state index contributed by atoms with van der Waals surface area (Å²) in [7, 11) is 1.61. The first-order valence-electron chi connectivity index (χ1n) is 7.22. The van der Waals surface area contributed by atoms with Crippen molar-refractivity contribution in [2.75, 3.05) is 20.3 Å². The zero-order valence-electron chi connectivity index (χ0n) is 13.2. The molecule has 0 bridgehead atoms. The number of carbonyl (C=O) groups is 1. The Balaban J connectivity index is 2.15. The van der Waals surface area contributed by atoms with Gasteiger partial charge in [-0.25, -0.2) is 4.79 Å². The van der Waals surface area contributed by atoms with Gasteiger partial charge in [0.25, 0.3) is 0 Å². The smallest absolute Gasteiger partial charge is 0.333 e. The molecular formula is C18H20O5. The number of carbonyl (C=O) groups excluding carboxylic acids is 1. The third kappa shape index (κ3) is 4.02. The van der Waals surface area contributed by atoms with Gasteiger partial charge >= 0.3 is 5.97 Å². The van der Waals surface area contributed by atoms with Gasteiger partial charge in [0.15, 0.2) is 6.10 Å². The Morgan fingerprint density at radius 1 is 1.17 bits per heavy atom. The summed E-state index contributed by atoms with van der Waals surface area (Å²) in [5.41, 5.74) is 0.276. The van der Waals surface area contributed by atoms with Gasteiger partial charge in [-0.2, -0.15) is 0 Å². The maximum absolute atomic E-state index is 11.5. The van der Waals surface area contributed by atoms with Gasteiger partial charge in [-0.1, -0.05) is 30.8 Å². The lowest BCUT2D eigenvalue weighted by molar-refractivity contribution is -0.147. The van der Waals surface area contributed by atoms with E-state index in [0.717, 1.165) is 16.5 Å². The Morgan fingerprint density at radius 2 is 1.78 bits per heavy atom. The molecule has 0 heterocycles. The molecule has 0 aliphatic carbocycles. The normalized spacial score (nSPS) is 11.8. The monoisotopic (exact) mass is 316 g/mol. The summed E-state index contributed by atoms with van der Waals surface area (Å²) in [5, 5.41) is 11.1. The van der Waals surface area contributed by atoms with E-state index in [4.69, 9.17) is 14.2 Å². The number of benzene rings is 2. The average molecular weight is 316 g/mol. The van der Waals surface area contributed by atoms with Gasteiger partial charge in [0.2, 0.25) is 0 Å². The highest BCUT2D eigenvalue weighted by atomic mass is 16.6. The molecule has 0 saturated heterocycles. The van der Waals surface area contributed by atoms with Crippen LogP contribution in [0.3, 0.4) is 0 Å². The number of methoxy groups -OCH3 is 1. The van der Waals surface area contributed by atoms with E-state index in [2.05, 4.69) is 6.58 Å². The highest BCUT2D eigenvalue weighted by Gasteiger charge is 2.16. The van der Waals surface area contributed by atoms with E-state index in [-0.39, 0.29) is 18.8 Å². The minimum Gasteiger partial charge on any atom is -0.496 e. The van der Waals surface area contributed by atoms with Crippen molar-refractivity contribution in [2.24, 2.45) is 0 Å². The van der Waals surface area contributed by atoms with Crippen molar-refractivity contribution in [2.45, 2.75) is 13.0 Å². The van der Waals surface area contributed by atoms with Crippen LogP contribution in [0.2, 0.25) is 0 Å². The molecule has 0 aliphatic rings. The highest BCUT2D eigenvalue weighted by Crippen LogP contribution is 2.32. The molecule has 2 aromatic carbocycles. The molecule has 122 valence electrons. The van der Waals surface area contributed by atoms with Crippen molar-refractivity contribution in [3.8, 4) is 11.5 Å². The van der Waals surface area contributed by atoms with Crippen LogP contribution in [0.4, 0.5) is 0 Å². The first kappa shape index (κ1) is 16.8. The summed E-state index contributed by atoms with van der Waals surface area (Å²) in [6, 6.07) is 11.3. The van der Waals surface area contributed by atoms with Gasteiger partial charge in [-0.15, -0.1) is 0 Å². The molecule has 2 rings (SSSR count). The average Bonchev–Trinajstić information content (AvgIpc) is 2.57. The number of rotatable bonds is 7. The first-order valence-corrected chi connectivity index (χ1v) is 7.22. The summed E-state index contributed by atoms with van der Waals surface area (Å²) in [6.45, 7) is 4.78. The molecule has 2 aromatic rings. The molecule has 0 aromatic heterocycles. The number of hydrogen-bond donors (Lipinski definition) is 1. The van der Waals surface area contributed by atoms with Crippen LogP contribution in [0, 0.1) is 0 Å². The first-order chi connectivity index (χ1) is 11.1. The molecule has 0 saturated carbocycles. The highest BCUT2D eigenvalue weighted by molar-refractivity contribution is 5.93. The molecule has 0 spiro atoms. The second-order valence-corrected chi connectivity index (χ2v) is 5.11. The Labute approximate surface area is 135 Å². The lowest BCUT2D eigenvalue weighted by Crippen LogP contribution is -2.28. The Hall–Kier alpha value is -2.53.